The highest BCUT2D eigenvalue weighted by Crippen LogP contribution is 2.16. The van der Waals surface area contributed by atoms with Gasteiger partial charge in [0.1, 0.15) is 12.1 Å². The molecule has 7 heteroatoms. The van der Waals surface area contributed by atoms with Crippen LogP contribution in [0.1, 0.15) is 155 Å². The molecule has 0 bridgehead atoms. The van der Waals surface area contributed by atoms with Gasteiger partial charge in [0.05, 0.1) is 0 Å². The summed E-state index contributed by atoms with van der Waals surface area (Å²) in [7, 11) is 0. The molecule has 2 atom stereocenters. The molecule has 0 aromatic heterocycles. The van der Waals surface area contributed by atoms with Crippen molar-refractivity contribution in [2.45, 2.75) is 167 Å². The highest BCUT2D eigenvalue weighted by atomic mass is 16.5. The monoisotopic (exact) mass is 683 g/mol. The van der Waals surface area contributed by atoms with Gasteiger partial charge in [-0.1, -0.05) is 119 Å². The molecular formula is C42H70N2O5. The smallest absolute Gasteiger partial charge is 0.326 e. The van der Waals surface area contributed by atoms with E-state index in [0.717, 1.165) is 109 Å². The molecule has 0 saturated heterocycles. The number of nitrogens with two attached hydrogens (primary N) is 1. The Kier molecular flexibility index (Phi) is 33.7. The average molecular weight is 683 g/mol. The summed E-state index contributed by atoms with van der Waals surface area (Å²) in [5.74, 6) is -1.37. The van der Waals surface area contributed by atoms with E-state index in [4.69, 9.17) is 10.5 Å². The van der Waals surface area contributed by atoms with Crippen molar-refractivity contribution in [3.63, 3.8) is 0 Å². The number of esters is 1. The van der Waals surface area contributed by atoms with Gasteiger partial charge in [0, 0.05) is 12.8 Å². The Hall–Kier alpha value is -3.19. The van der Waals surface area contributed by atoms with Gasteiger partial charge in [-0.25, -0.2) is 4.79 Å². The van der Waals surface area contributed by atoms with Gasteiger partial charge >= 0.3 is 11.9 Å². The Morgan fingerprint density at radius 1 is 0.612 bits per heavy atom. The molecule has 0 rings (SSSR count). The second-order valence-corrected chi connectivity index (χ2v) is 12.6. The maximum Gasteiger partial charge on any atom is 0.326 e. The van der Waals surface area contributed by atoms with E-state index in [1.165, 1.54) is 0 Å². The number of carboxylic acid groups (broad SMARTS) is 1. The lowest BCUT2D eigenvalue weighted by molar-refractivity contribution is -0.150. The molecular weight excluding hydrogens is 612 g/mol. The lowest BCUT2D eigenvalue weighted by Gasteiger charge is -2.18. The topological polar surface area (TPSA) is 119 Å². The number of carboxylic acids is 1. The molecule has 0 aliphatic rings. The zero-order chi connectivity index (χ0) is 36.0. The van der Waals surface area contributed by atoms with Crippen molar-refractivity contribution in [3.05, 3.63) is 72.9 Å². The summed E-state index contributed by atoms with van der Waals surface area (Å²) in [6.45, 7) is 4.69. The van der Waals surface area contributed by atoms with Gasteiger partial charge in [-0.3, -0.25) is 9.59 Å². The summed E-state index contributed by atoms with van der Waals surface area (Å²) in [6, 6.07) is -0.878. The standard InChI is InChI=1S/C42H70N2O5/c1-3-5-7-8-9-10-11-12-13-14-15-16-17-18-19-20-21-22-23-24-25-26-30-36-41(46)49-38(32-6-4-2)33-28-27-29-35-40(45)44-39(42(47)48)34-31-37-43/h5,7,9-10,12-13,15-16,18-19,21-22,38-39H,3-4,6,8,11,14,17,20,23-37,43H2,1-2H3,(H,44,45)(H,47,48)/b7-5-,10-9-,13-12-,16-15-,19-18-,22-21-. The average Bonchev–Trinajstić information content (AvgIpc) is 3.08. The third-order valence-electron chi connectivity index (χ3n) is 8.04. The second-order valence-electron chi connectivity index (χ2n) is 12.6. The van der Waals surface area contributed by atoms with Crippen molar-refractivity contribution >= 4 is 17.8 Å². The summed E-state index contributed by atoms with van der Waals surface area (Å²) in [5, 5.41) is 11.8. The number of amides is 1. The van der Waals surface area contributed by atoms with Crippen molar-refractivity contribution in [1.82, 2.24) is 5.32 Å². The zero-order valence-corrected chi connectivity index (χ0v) is 31.0. The van der Waals surface area contributed by atoms with E-state index in [9.17, 15) is 19.5 Å². The van der Waals surface area contributed by atoms with Crippen LogP contribution in [0.4, 0.5) is 0 Å². The molecule has 2 unspecified atom stereocenters. The number of hydrogen-bond donors (Lipinski definition) is 3. The molecule has 0 radical (unpaired) electrons. The van der Waals surface area contributed by atoms with Crippen molar-refractivity contribution in [2.24, 2.45) is 5.73 Å². The van der Waals surface area contributed by atoms with Crippen LogP contribution in [0.5, 0.6) is 0 Å². The third kappa shape index (κ3) is 33.1. The first kappa shape index (κ1) is 45.8. The molecule has 278 valence electrons. The summed E-state index contributed by atoms with van der Waals surface area (Å²) in [6.07, 6.45) is 45.7. The first-order chi connectivity index (χ1) is 23.9. The molecule has 4 N–H and O–H groups in total. The number of carbonyl (C=O) groups excluding carboxylic acids is 2. The van der Waals surface area contributed by atoms with Gasteiger partial charge in [0.2, 0.25) is 5.91 Å². The van der Waals surface area contributed by atoms with Crippen LogP contribution in [0.2, 0.25) is 0 Å². The van der Waals surface area contributed by atoms with E-state index in [0.29, 0.717) is 38.6 Å². The number of ether oxygens (including phenoxy) is 1. The van der Waals surface area contributed by atoms with Gasteiger partial charge < -0.3 is 20.9 Å². The molecule has 0 aliphatic carbocycles. The first-order valence-corrected chi connectivity index (χ1v) is 19.3. The maximum atomic E-state index is 12.5. The van der Waals surface area contributed by atoms with Crippen LogP contribution < -0.4 is 11.1 Å². The summed E-state index contributed by atoms with van der Waals surface area (Å²) >= 11 is 0. The van der Waals surface area contributed by atoms with E-state index in [2.05, 4.69) is 92.1 Å². The fraction of sp³-hybridized carbons (Fsp3) is 0.643. The van der Waals surface area contributed by atoms with Crippen molar-refractivity contribution in [2.75, 3.05) is 6.54 Å². The van der Waals surface area contributed by atoms with Crippen LogP contribution in [0, 0.1) is 0 Å². The summed E-state index contributed by atoms with van der Waals surface area (Å²) in [5.41, 5.74) is 5.45. The van der Waals surface area contributed by atoms with Crippen LogP contribution >= 0.6 is 0 Å². The Morgan fingerprint density at radius 2 is 1.12 bits per heavy atom. The van der Waals surface area contributed by atoms with Gasteiger partial charge in [-0.15, -0.1) is 0 Å². The number of hydrogen-bond acceptors (Lipinski definition) is 5. The number of carbonyl (C=O) groups is 3. The largest absolute Gasteiger partial charge is 0.480 e. The lowest BCUT2D eigenvalue weighted by atomic mass is 10.0. The second kappa shape index (κ2) is 36.1. The Balaban J connectivity index is 3.93. The maximum absolute atomic E-state index is 12.5. The number of unbranched alkanes of at least 4 members (excludes halogenated alkanes) is 7. The van der Waals surface area contributed by atoms with Crippen LogP contribution in [0.25, 0.3) is 0 Å². The molecule has 7 nitrogen and oxygen atoms in total. The Morgan fingerprint density at radius 3 is 1.67 bits per heavy atom. The molecule has 0 fully saturated rings. The predicted octanol–water partition coefficient (Wildman–Crippen LogP) is 10.4. The molecule has 0 aromatic carbocycles. The van der Waals surface area contributed by atoms with Gasteiger partial charge in [0.15, 0.2) is 0 Å². The van der Waals surface area contributed by atoms with Crippen molar-refractivity contribution in [1.29, 1.82) is 0 Å². The Labute approximate surface area is 299 Å². The highest BCUT2D eigenvalue weighted by Gasteiger charge is 2.19. The zero-order valence-electron chi connectivity index (χ0n) is 31.0. The first-order valence-electron chi connectivity index (χ1n) is 19.3. The SMILES string of the molecule is CC/C=C\C/C=C\C/C=C\C/C=C\C/C=C\C/C=C\CCCCCCC(=O)OC(CCCC)CCCCCC(=O)NC(CCCN)C(=O)O. The summed E-state index contributed by atoms with van der Waals surface area (Å²) < 4.78 is 5.82. The minimum Gasteiger partial charge on any atom is -0.480 e. The predicted molar refractivity (Wildman–Crippen MR) is 206 cm³/mol. The Bertz CT molecular complexity index is 995. The van der Waals surface area contributed by atoms with Crippen LogP contribution in [0.15, 0.2) is 72.9 Å². The van der Waals surface area contributed by atoms with E-state index >= 15 is 0 Å². The van der Waals surface area contributed by atoms with Crippen molar-refractivity contribution in [3.8, 4) is 0 Å². The third-order valence-corrected chi connectivity index (χ3v) is 8.04. The van der Waals surface area contributed by atoms with Gasteiger partial charge in [0.25, 0.3) is 0 Å². The highest BCUT2D eigenvalue weighted by molar-refractivity contribution is 5.83. The fourth-order valence-corrected chi connectivity index (χ4v) is 5.14. The van der Waals surface area contributed by atoms with Crippen LogP contribution in [0.3, 0.4) is 0 Å². The number of nitrogens with one attached hydrogen (secondary N) is 1. The molecule has 0 saturated carbocycles. The van der Waals surface area contributed by atoms with E-state index in [-0.39, 0.29) is 18.0 Å². The molecule has 49 heavy (non-hydrogen) atoms. The van der Waals surface area contributed by atoms with Gasteiger partial charge in [-0.05, 0) is 103 Å². The lowest BCUT2D eigenvalue weighted by Crippen LogP contribution is -2.40. The van der Waals surface area contributed by atoms with E-state index in [1.807, 2.05) is 0 Å². The summed E-state index contributed by atoms with van der Waals surface area (Å²) in [4.78, 5) is 35.9. The normalized spacial score (nSPS) is 13.5. The van der Waals surface area contributed by atoms with Crippen LogP contribution in [-0.4, -0.2) is 41.6 Å². The molecule has 0 aromatic rings. The molecule has 1 amide bonds. The van der Waals surface area contributed by atoms with E-state index in [1.54, 1.807) is 0 Å². The van der Waals surface area contributed by atoms with Crippen LogP contribution in [-0.2, 0) is 19.1 Å². The molecule has 0 aliphatic heterocycles. The number of aliphatic carboxylic acids is 1. The molecule has 0 spiro atoms. The quantitative estimate of drug-likeness (QED) is 0.0360. The van der Waals surface area contributed by atoms with Crippen molar-refractivity contribution < 1.29 is 24.2 Å². The number of rotatable bonds is 33. The molecule has 0 heterocycles. The van der Waals surface area contributed by atoms with E-state index < -0.39 is 12.0 Å². The van der Waals surface area contributed by atoms with Gasteiger partial charge in [-0.2, -0.15) is 0 Å². The minimum atomic E-state index is -1.02. The fourth-order valence-electron chi connectivity index (χ4n) is 5.14. The minimum absolute atomic E-state index is 0.0676. The number of allylic oxidation sites excluding steroid dienone is 12.